The quantitative estimate of drug-likeness (QED) is 0.458. The van der Waals surface area contributed by atoms with Gasteiger partial charge in [0.1, 0.15) is 12.7 Å². The summed E-state index contributed by atoms with van der Waals surface area (Å²) < 4.78 is 0. The van der Waals surface area contributed by atoms with Crippen LogP contribution in [0.3, 0.4) is 0 Å². The topological polar surface area (TPSA) is 50.5 Å². The highest BCUT2D eigenvalue weighted by atomic mass is 16.5. The molecule has 15 heavy (non-hydrogen) atoms. The second kappa shape index (κ2) is 6.01. The molecule has 0 aromatic heterocycles. The minimum Gasteiger partial charge on any atom is -0.696 e. The summed E-state index contributed by atoms with van der Waals surface area (Å²) in [5.74, 6) is 0. The summed E-state index contributed by atoms with van der Waals surface area (Å²) in [5.41, 5.74) is 4.81. The van der Waals surface area contributed by atoms with E-state index in [0.717, 1.165) is 12.1 Å². The molecule has 0 aliphatic heterocycles. The molecule has 0 atom stereocenters. The van der Waals surface area contributed by atoms with Crippen LogP contribution in [0.2, 0.25) is 0 Å². The van der Waals surface area contributed by atoms with Crippen molar-refractivity contribution in [3.8, 4) is 0 Å². The van der Waals surface area contributed by atoms with E-state index in [-0.39, 0.29) is 0 Å². The predicted molar refractivity (Wildman–Crippen MR) is 60.7 cm³/mol. The van der Waals surface area contributed by atoms with Crippen molar-refractivity contribution >= 4 is 5.69 Å². The number of rotatable bonds is 5. The van der Waals surface area contributed by atoms with Crippen LogP contribution >= 0.6 is 0 Å². The van der Waals surface area contributed by atoms with Crippen LogP contribution in [-0.2, 0) is 6.42 Å². The highest BCUT2D eigenvalue weighted by Gasteiger charge is 1.96. The number of hydroxylamine groups is 1. The Morgan fingerprint density at radius 2 is 2.00 bits per heavy atom. The Labute approximate surface area is 90.2 Å². The van der Waals surface area contributed by atoms with Crippen LogP contribution in [0.5, 0.6) is 0 Å². The molecule has 0 heterocycles. The Balaban J connectivity index is 2.52. The van der Waals surface area contributed by atoms with E-state index in [1.165, 1.54) is 25.5 Å². The lowest BCUT2D eigenvalue weighted by Gasteiger charge is -2.00. The second-order valence-corrected chi connectivity index (χ2v) is 3.48. The first kappa shape index (κ1) is 11.5. The Morgan fingerprint density at radius 1 is 1.33 bits per heavy atom. The Bertz CT molecular complexity index is 315. The average molecular weight is 207 g/mol. The van der Waals surface area contributed by atoms with Crippen LogP contribution in [0.25, 0.3) is 0 Å². The highest BCUT2D eigenvalue weighted by Crippen LogP contribution is 2.11. The van der Waals surface area contributed by atoms with Gasteiger partial charge in [0.2, 0.25) is 0 Å². The second-order valence-electron chi connectivity index (χ2n) is 3.48. The van der Waals surface area contributed by atoms with Crippen LogP contribution in [-0.4, -0.2) is 11.9 Å². The molecule has 4 nitrogen and oxygen atoms in total. The number of aryl methyl sites for hydroxylation is 1. The Kier molecular flexibility index (Phi) is 4.60. The fourth-order valence-corrected chi connectivity index (χ4v) is 1.25. The van der Waals surface area contributed by atoms with Gasteiger partial charge in [0.25, 0.3) is 0 Å². The van der Waals surface area contributed by atoms with Crippen molar-refractivity contribution in [3.63, 3.8) is 0 Å². The van der Waals surface area contributed by atoms with Gasteiger partial charge in [0.05, 0.1) is 5.22 Å². The van der Waals surface area contributed by atoms with E-state index in [0.29, 0.717) is 4.86 Å². The number of hydrogen-bond donors (Lipinski definition) is 1. The van der Waals surface area contributed by atoms with E-state index in [9.17, 15) is 5.21 Å². The molecule has 82 valence electrons. The Morgan fingerprint density at radius 3 is 2.53 bits per heavy atom. The van der Waals surface area contributed by atoms with Crippen molar-refractivity contribution in [2.75, 3.05) is 12.5 Å². The molecule has 0 saturated heterocycles. The molecular weight excluding hydrogens is 190 g/mol. The summed E-state index contributed by atoms with van der Waals surface area (Å²) in [4.78, 5) is 0.491. The number of nitrogens with zero attached hydrogens (tertiary/aromatic N) is 2. The lowest BCUT2D eigenvalue weighted by atomic mass is 10.1. The molecule has 4 heteroatoms. The number of benzene rings is 1. The third kappa shape index (κ3) is 4.44. The van der Waals surface area contributed by atoms with Crippen LogP contribution in [0.15, 0.2) is 29.5 Å². The summed E-state index contributed by atoms with van der Waals surface area (Å²) in [6.45, 7) is 2.18. The molecule has 0 radical (unpaired) electrons. The molecule has 0 saturated carbocycles. The number of hydrogen-bond acceptors (Lipinski definition) is 2. The minimum atomic E-state index is 0.491. The average Bonchev–Trinajstić information content (AvgIpc) is 2.25. The van der Waals surface area contributed by atoms with E-state index in [1.807, 2.05) is 12.1 Å². The Hall–Kier alpha value is -1.58. The summed E-state index contributed by atoms with van der Waals surface area (Å²) >= 11 is 0. The van der Waals surface area contributed by atoms with Crippen molar-refractivity contribution < 1.29 is 4.86 Å². The van der Waals surface area contributed by atoms with Gasteiger partial charge in [-0.15, -0.1) is 5.43 Å². The van der Waals surface area contributed by atoms with Crippen molar-refractivity contribution in [1.82, 2.24) is 0 Å². The zero-order chi connectivity index (χ0) is 11.1. The number of unbranched alkanes of at least 4 members (excludes halogenated alkanes) is 1. The summed E-state index contributed by atoms with van der Waals surface area (Å²) in [6.07, 6.45) is 3.52. The highest BCUT2D eigenvalue weighted by molar-refractivity contribution is 5.43. The first-order valence-corrected chi connectivity index (χ1v) is 5.19. The molecule has 1 aromatic carbocycles. The fraction of sp³-hybridized carbons (Fsp3) is 0.455. The van der Waals surface area contributed by atoms with Crippen molar-refractivity contribution in [2.24, 2.45) is 5.22 Å². The molecule has 0 fully saturated rings. The van der Waals surface area contributed by atoms with Gasteiger partial charge < -0.3 is 5.21 Å². The normalized spacial score (nSPS) is 11.5. The van der Waals surface area contributed by atoms with Gasteiger partial charge in [-0.05, 0) is 30.5 Å². The van der Waals surface area contributed by atoms with E-state index >= 15 is 0 Å². The monoisotopic (exact) mass is 207 g/mol. The largest absolute Gasteiger partial charge is 0.696 e. The maximum Gasteiger partial charge on any atom is 0.146 e. The molecular formula is C11H17N3O. The fourth-order valence-electron chi connectivity index (χ4n) is 1.25. The molecule has 0 spiro atoms. The lowest BCUT2D eigenvalue weighted by molar-refractivity contribution is -0.497. The van der Waals surface area contributed by atoms with Gasteiger partial charge in [-0.2, -0.15) is 4.86 Å². The molecule has 1 N–H and O–H groups in total. The molecule has 1 rings (SSSR count). The third-order valence-electron chi connectivity index (χ3n) is 2.09. The van der Waals surface area contributed by atoms with Crippen molar-refractivity contribution in [3.05, 3.63) is 35.0 Å². The van der Waals surface area contributed by atoms with Gasteiger partial charge in [-0.25, -0.2) is 0 Å². The van der Waals surface area contributed by atoms with Gasteiger partial charge in [0.15, 0.2) is 0 Å². The van der Waals surface area contributed by atoms with Crippen LogP contribution < -0.4 is 5.43 Å². The SMILES string of the molecule is CCCCc1ccc(NN=[N+](C)[O-])cc1. The van der Waals surface area contributed by atoms with E-state index < -0.39 is 0 Å². The molecule has 0 bridgehead atoms. The zero-order valence-electron chi connectivity index (χ0n) is 9.23. The summed E-state index contributed by atoms with van der Waals surface area (Å²) in [5, 5.41) is 14.0. The summed E-state index contributed by atoms with van der Waals surface area (Å²) in [7, 11) is 1.34. The van der Waals surface area contributed by atoms with Gasteiger partial charge in [0, 0.05) is 0 Å². The lowest BCUT2D eigenvalue weighted by Crippen LogP contribution is -1.96. The van der Waals surface area contributed by atoms with E-state index in [1.54, 1.807) is 0 Å². The molecule has 0 aliphatic carbocycles. The third-order valence-corrected chi connectivity index (χ3v) is 2.09. The van der Waals surface area contributed by atoms with Crippen LogP contribution in [0.1, 0.15) is 25.3 Å². The van der Waals surface area contributed by atoms with Crippen LogP contribution in [0.4, 0.5) is 5.69 Å². The maximum atomic E-state index is 10.5. The molecule has 0 amide bonds. The molecule has 0 aliphatic rings. The minimum absolute atomic E-state index is 0.491. The van der Waals surface area contributed by atoms with Gasteiger partial charge in [-0.3, -0.25) is 0 Å². The predicted octanol–water partition coefficient (Wildman–Crippen LogP) is 2.95. The molecule has 0 unspecified atom stereocenters. The van der Waals surface area contributed by atoms with E-state index in [2.05, 4.69) is 29.7 Å². The maximum absolute atomic E-state index is 10.5. The first-order valence-electron chi connectivity index (χ1n) is 5.19. The van der Waals surface area contributed by atoms with Crippen molar-refractivity contribution in [2.45, 2.75) is 26.2 Å². The summed E-state index contributed by atoms with van der Waals surface area (Å²) in [6, 6.07) is 7.96. The van der Waals surface area contributed by atoms with Gasteiger partial charge >= 0.3 is 0 Å². The van der Waals surface area contributed by atoms with E-state index in [4.69, 9.17) is 0 Å². The van der Waals surface area contributed by atoms with Crippen LogP contribution in [0, 0.1) is 5.21 Å². The van der Waals surface area contributed by atoms with Crippen molar-refractivity contribution in [1.29, 1.82) is 0 Å². The molecule has 1 aromatic rings. The standard InChI is InChI=1S/C11H17N3O/c1-3-4-5-10-6-8-11(9-7-10)12-13-14(2)15/h6-9,12H,3-5H2,1-2H3. The smallest absolute Gasteiger partial charge is 0.146 e. The van der Waals surface area contributed by atoms with Gasteiger partial charge in [-0.1, -0.05) is 25.5 Å². The number of anilines is 1. The first-order chi connectivity index (χ1) is 7.22. The zero-order valence-corrected chi connectivity index (χ0v) is 9.23. The number of nitrogens with one attached hydrogen (secondary N) is 1.